The van der Waals surface area contributed by atoms with Gasteiger partial charge >= 0.3 is 6.03 Å². The van der Waals surface area contributed by atoms with E-state index in [4.69, 9.17) is 11.6 Å². The molecule has 1 saturated heterocycles. The Bertz CT molecular complexity index is 732. The lowest BCUT2D eigenvalue weighted by Crippen LogP contribution is -2.50. The van der Waals surface area contributed by atoms with E-state index in [0.29, 0.717) is 31.9 Å². The van der Waals surface area contributed by atoms with Crippen LogP contribution in [-0.4, -0.2) is 47.3 Å². The van der Waals surface area contributed by atoms with Gasteiger partial charge in [0.15, 0.2) is 5.82 Å². The fourth-order valence-corrected chi connectivity index (χ4v) is 2.66. The fourth-order valence-electron chi connectivity index (χ4n) is 2.48. The van der Waals surface area contributed by atoms with E-state index in [-0.39, 0.29) is 11.1 Å². The van der Waals surface area contributed by atoms with Gasteiger partial charge in [-0.25, -0.2) is 9.18 Å². The van der Waals surface area contributed by atoms with E-state index in [2.05, 4.69) is 20.4 Å². The molecule has 0 unspecified atom stereocenters. The molecule has 1 aliphatic rings. The van der Waals surface area contributed by atoms with E-state index in [9.17, 15) is 9.18 Å². The van der Waals surface area contributed by atoms with Crippen molar-refractivity contribution in [2.24, 2.45) is 0 Å². The van der Waals surface area contributed by atoms with Crippen LogP contribution in [0.4, 0.5) is 20.7 Å². The van der Waals surface area contributed by atoms with Gasteiger partial charge in [0.1, 0.15) is 5.82 Å². The second-order valence-corrected chi connectivity index (χ2v) is 5.97. The third-order valence-electron chi connectivity index (χ3n) is 3.85. The van der Waals surface area contributed by atoms with Crippen molar-refractivity contribution in [1.82, 2.24) is 15.1 Å². The summed E-state index contributed by atoms with van der Waals surface area (Å²) in [5, 5.41) is 10.9. The predicted molar refractivity (Wildman–Crippen MR) is 91.0 cm³/mol. The minimum Gasteiger partial charge on any atom is -0.352 e. The summed E-state index contributed by atoms with van der Waals surface area (Å²) < 4.78 is 13.1. The molecule has 0 saturated carbocycles. The lowest BCUT2D eigenvalue weighted by Gasteiger charge is -2.35. The lowest BCUT2D eigenvalue weighted by molar-refractivity contribution is 0.208. The molecular formula is C16H17ClFN5O. The standard InChI is InChI=1S/C16H17ClFN5O/c1-11-2-5-15(21-20-11)22-6-8-23(9-7-22)16(24)19-12-3-4-14(18)13(17)10-12/h2-5,10H,6-9H2,1H3,(H,19,24). The molecular weight excluding hydrogens is 333 g/mol. The maximum absolute atomic E-state index is 13.1. The smallest absolute Gasteiger partial charge is 0.321 e. The van der Waals surface area contributed by atoms with E-state index >= 15 is 0 Å². The van der Waals surface area contributed by atoms with E-state index in [1.165, 1.54) is 18.2 Å². The molecule has 1 aromatic heterocycles. The number of amides is 2. The predicted octanol–water partition coefficient (Wildman–Crippen LogP) is 2.93. The number of piperazine rings is 1. The summed E-state index contributed by atoms with van der Waals surface area (Å²) in [5.41, 5.74) is 1.34. The van der Waals surface area contributed by atoms with Crippen molar-refractivity contribution < 1.29 is 9.18 Å². The Hall–Kier alpha value is -2.41. The molecule has 126 valence electrons. The highest BCUT2D eigenvalue weighted by atomic mass is 35.5. The quantitative estimate of drug-likeness (QED) is 0.905. The first-order valence-corrected chi connectivity index (χ1v) is 7.97. The first kappa shape index (κ1) is 16.4. The van der Waals surface area contributed by atoms with Gasteiger partial charge in [-0.1, -0.05) is 11.6 Å². The highest BCUT2D eigenvalue weighted by Crippen LogP contribution is 2.20. The number of hydrogen-bond acceptors (Lipinski definition) is 4. The summed E-state index contributed by atoms with van der Waals surface area (Å²) in [6.45, 7) is 4.37. The second kappa shape index (κ2) is 7.00. The minimum atomic E-state index is -0.512. The molecule has 3 rings (SSSR count). The molecule has 1 aliphatic heterocycles. The zero-order chi connectivity index (χ0) is 17.1. The molecule has 0 bridgehead atoms. The van der Waals surface area contributed by atoms with Crippen LogP contribution < -0.4 is 10.2 Å². The Kier molecular flexibility index (Phi) is 4.80. The van der Waals surface area contributed by atoms with Gasteiger partial charge in [0.25, 0.3) is 0 Å². The van der Waals surface area contributed by atoms with E-state index < -0.39 is 5.82 Å². The van der Waals surface area contributed by atoms with Crippen molar-refractivity contribution in [1.29, 1.82) is 0 Å². The van der Waals surface area contributed by atoms with Gasteiger partial charge in [-0.15, -0.1) is 5.10 Å². The Morgan fingerprint density at radius 2 is 1.92 bits per heavy atom. The van der Waals surface area contributed by atoms with Crippen molar-refractivity contribution in [2.45, 2.75) is 6.92 Å². The number of aryl methyl sites for hydroxylation is 1. The molecule has 1 N–H and O–H groups in total. The third kappa shape index (κ3) is 3.73. The summed E-state index contributed by atoms with van der Waals surface area (Å²) in [6.07, 6.45) is 0. The lowest BCUT2D eigenvalue weighted by atomic mass is 10.3. The molecule has 0 atom stereocenters. The summed E-state index contributed by atoms with van der Waals surface area (Å²) in [6, 6.07) is 7.72. The second-order valence-electron chi connectivity index (χ2n) is 5.57. The zero-order valence-corrected chi connectivity index (χ0v) is 13.9. The van der Waals surface area contributed by atoms with Gasteiger partial charge in [-0.3, -0.25) is 0 Å². The highest BCUT2D eigenvalue weighted by molar-refractivity contribution is 6.31. The number of halogens is 2. The number of urea groups is 1. The van der Waals surface area contributed by atoms with Gasteiger partial charge in [0, 0.05) is 31.9 Å². The molecule has 1 fully saturated rings. The summed E-state index contributed by atoms with van der Waals surface area (Å²) in [7, 11) is 0. The number of rotatable bonds is 2. The number of nitrogens with zero attached hydrogens (tertiary/aromatic N) is 4. The molecule has 1 aromatic carbocycles. The van der Waals surface area contributed by atoms with Crippen molar-refractivity contribution in [3.63, 3.8) is 0 Å². The molecule has 0 radical (unpaired) electrons. The van der Waals surface area contributed by atoms with Crippen LogP contribution in [0.1, 0.15) is 5.69 Å². The van der Waals surface area contributed by atoms with Crippen molar-refractivity contribution in [2.75, 3.05) is 36.4 Å². The van der Waals surface area contributed by atoms with Crippen LogP contribution in [-0.2, 0) is 0 Å². The van der Waals surface area contributed by atoms with Crippen LogP contribution in [0.3, 0.4) is 0 Å². The fraction of sp³-hybridized carbons (Fsp3) is 0.312. The average Bonchev–Trinajstić information content (AvgIpc) is 2.59. The Labute approximate surface area is 144 Å². The number of nitrogens with one attached hydrogen (secondary N) is 1. The Balaban J connectivity index is 1.56. The SMILES string of the molecule is Cc1ccc(N2CCN(C(=O)Nc3ccc(F)c(Cl)c3)CC2)nn1. The van der Waals surface area contributed by atoms with Gasteiger partial charge in [-0.2, -0.15) is 5.10 Å². The number of carbonyl (C=O) groups is 1. The topological polar surface area (TPSA) is 61.4 Å². The van der Waals surface area contributed by atoms with Gasteiger partial charge in [-0.05, 0) is 37.3 Å². The van der Waals surface area contributed by atoms with Gasteiger partial charge in [0.2, 0.25) is 0 Å². The largest absolute Gasteiger partial charge is 0.352 e. The van der Waals surface area contributed by atoms with Crippen molar-refractivity contribution in [3.8, 4) is 0 Å². The van der Waals surface area contributed by atoms with Crippen molar-refractivity contribution in [3.05, 3.63) is 46.9 Å². The normalized spacial score (nSPS) is 14.6. The molecule has 8 heteroatoms. The molecule has 2 aromatic rings. The van der Waals surface area contributed by atoms with Crippen LogP contribution in [0.25, 0.3) is 0 Å². The molecule has 0 spiro atoms. The monoisotopic (exact) mass is 349 g/mol. The number of aromatic nitrogens is 2. The number of carbonyl (C=O) groups excluding carboxylic acids is 1. The number of benzene rings is 1. The number of hydrogen-bond donors (Lipinski definition) is 1. The van der Waals surface area contributed by atoms with Crippen LogP contribution in [0, 0.1) is 12.7 Å². The highest BCUT2D eigenvalue weighted by Gasteiger charge is 2.22. The Morgan fingerprint density at radius 3 is 2.54 bits per heavy atom. The molecule has 6 nitrogen and oxygen atoms in total. The first-order chi connectivity index (χ1) is 11.5. The van der Waals surface area contributed by atoms with Crippen LogP contribution in [0.5, 0.6) is 0 Å². The molecule has 0 aliphatic carbocycles. The molecule has 24 heavy (non-hydrogen) atoms. The van der Waals surface area contributed by atoms with Crippen LogP contribution >= 0.6 is 11.6 Å². The maximum atomic E-state index is 13.1. The van der Waals surface area contributed by atoms with E-state index in [1.807, 2.05) is 19.1 Å². The summed E-state index contributed by atoms with van der Waals surface area (Å²) >= 11 is 5.72. The summed E-state index contributed by atoms with van der Waals surface area (Å²) in [4.78, 5) is 16.1. The van der Waals surface area contributed by atoms with Crippen LogP contribution in [0.2, 0.25) is 5.02 Å². The van der Waals surface area contributed by atoms with Crippen molar-refractivity contribution >= 4 is 29.1 Å². The molecule has 2 amide bonds. The van der Waals surface area contributed by atoms with E-state index in [0.717, 1.165) is 11.5 Å². The maximum Gasteiger partial charge on any atom is 0.321 e. The zero-order valence-electron chi connectivity index (χ0n) is 13.2. The first-order valence-electron chi connectivity index (χ1n) is 7.59. The number of anilines is 2. The van der Waals surface area contributed by atoms with Gasteiger partial charge < -0.3 is 15.1 Å². The third-order valence-corrected chi connectivity index (χ3v) is 4.14. The van der Waals surface area contributed by atoms with E-state index in [1.54, 1.807) is 4.90 Å². The Morgan fingerprint density at radius 1 is 1.17 bits per heavy atom. The van der Waals surface area contributed by atoms with Crippen LogP contribution in [0.15, 0.2) is 30.3 Å². The minimum absolute atomic E-state index is 0.0180. The summed E-state index contributed by atoms with van der Waals surface area (Å²) in [5.74, 6) is 0.300. The van der Waals surface area contributed by atoms with Gasteiger partial charge in [0.05, 0.1) is 10.7 Å². The average molecular weight is 350 g/mol. The molecule has 2 heterocycles.